The van der Waals surface area contributed by atoms with Crippen LogP contribution in [0.25, 0.3) is 10.9 Å². The zero-order chi connectivity index (χ0) is 10.3. The number of aryl methyl sites for hydroxylation is 2. The Kier molecular flexibility index (Phi) is 2.02. The van der Waals surface area contributed by atoms with E-state index in [2.05, 4.69) is 23.9 Å². The van der Waals surface area contributed by atoms with Gasteiger partial charge in [0.25, 0.3) is 0 Å². The van der Waals surface area contributed by atoms with Gasteiger partial charge in [-0.2, -0.15) is 5.10 Å². The van der Waals surface area contributed by atoms with Crippen LogP contribution in [0.15, 0.2) is 12.3 Å². The standard InChI is InChI=1S/C11H15N3/c1-7(2)10-9-5-6-12-8(3)11(9)14(4)13-10/h5-7H,1-4H3. The molecule has 3 heteroatoms. The fourth-order valence-corrected chi connectivity index (χ4v) is 1.87. The molecule has 2 aromatic rings. The molecule has 2 heterocycles. The van der Waals surface area contributed by atoms with E-state index in [0.29, 0.717) is 5.92 Å². The van der Waals surface area contributed by atoms with E-state index in [-0.39, 0.29) is 0 Å². The molecule has 0 amide bonds. The Hall–Kier alpha value is -1.38. The molecule has 0 bridgehead atoms. The van der Waals surface area contributed by atoms with E-state index >= 15 is 0 Å². The Morgan fingerprint density at radius 1 is 1.36 bits per heavy atom. The van der Waals surface area contributed by atoms with Gasteiger partial charge in [-0.1, -0.05) is 13.8 Å². The van der Waals surface area contributed by atoms with Gasteiger partial charge in [0.1, 0.15) is 0 Å². The smallest absolute Gasteiger partial charge is 0.0894 e. The maximum Gasteiger partial charge on any atom is 0.0894 e. The largest absolute Gasteiger partial charge is 0.266 e. The van der Waals surface area contributed by atoms with Crippen LogP contribution in [0.5, 0.6) is 0 Å². The minimum Gasteiger partial charge on any atom is -0.266 e. The molecule has 0 aliphatic heterocycles. The summed E-state index contributed by atoms with van der Waals surface area (Å²) in [7, 11) is 1.98. The van der Waals surface area contributed by atoms with Crippen molar-refractivity contribution in [2.24, 2.45) is 7.05 Å². The highest BCUT2D eigenvalue weighted by molar-refractivity contribution is 5.83. The first-order chi connectivity index (χ1) is 6.61. The topological polar surface area (TPSA) is 30.7 Å². The Morgan fingerprint density at radius 2 is 2.07 bits per heavy atom. The highest BCUT2D eigenvalue weighted by Crippen LogP contribution is 2.24. The summed E-state index contributed by atoms with van der Waals surface area (Å²) in [5, 5.41) is 5.76. The van der Waals surface area contributed by atoms with Gasteiger partial charge in [-0.05, 0) is 18.9 Å². The third-order valence-electron chi connectivity index (χ3n) is 2.51. The van der Waals surface area contributed by atoms with E-state index in [9.17, 15) is 0 Å². The molecule has 0 radical (unpaired) electrons. The molecule has 0 aromatic carbocycles. The Bertz CT molecular complexity index is 469. The van der Waals surface area contributed by atoms with Gasteiger partial charge in [-0.3, -0.25) is 9.67 Å². The zero-order valence-electron chi connectivity index (χ0n) is 9.07. The first kappa shape index (κ1) is 9.19. The summed E-state index contributed by atoms with van der Waals surface area (Å²) >= 11 is 0. The van der Waals surface area contributed by atoms with Crippen LogP contribution in [0.1, 0.15) is 31.2 Å². The van der Waals surface area contributed by atoms with Crippen molar-refractivity contribution in [1.29, 1.82) is 0 Å². The lowest BCUT2D eigenvalue weighted by Gasteiger charge is -1.99. The molecule has 74 valence electrons. The van der Waals surface area contributed by atoms with Crippen LogP contribution in [0, 0.1) is 6.92 Å². The number of nitrogens with zero attached hydrogens (tertiary/aromatic N) is 3. The maximum atomic E-state index is 4.53. The maximum absolute atomic E-state index is 4.53. The summed E-state index contributed by atoms with van der Waals surface area (Å²) in [4.78, 5) is 4.28. The minimum absolute atomic E-state index is 0.459. The summed E-state index contributed by atoms with van der Waals surface area (Å²) < 4.78 is 1.92. The number of hydrogen-bond acceptors (Lipinski definition) is 2. The molecule has 2 aromatic heterocycles. The fraction of sp³-hybridized carbons (Fsp3) is 0.455. The van der Waals surface area contributed by atoms with Gasteiger partial charge < -0.3 is 0 Å². The van der Waals surface area contributed by atoms with Crippen LogP contribution in [0.2, 0.25) is 0 Å². The first-order valence-electron chi connectivity index (χ1n) is 4.89. The SMILES string of the molecule is Cc1nccc2c(C(C)C)nn(C)c12. The van der Waals surface area contributed by atoms with Crippen molar-refractivity contribution in [1.82, 2.24) is 14.8 Å². The van der Waals surface area contributed by atoms with Crippen molar-refractivity contribution in [2.75, 3.05) is 0 Å². The summed E-state index contributed by atoms with van der Waals surface area (Å²) in [6.45, 7) is 6.35. The lowest BCUT2D eigenvalue weighted by Crippen LogP contribution is -1.94. The average Bonchev–Trinajstić information content (AvgIpc) is 2.45. The average molecular weight is 189 g/mol. The molecule has 0 aliphatic carbocycles. The Morgan fingerprint density at radius 3 is 2.71 bits per heavy atom. The molecule has 0 aliphatic rings. The van der Waals surface area contributed by atoms with E-state index in [1.807, 2.05) is 30.9 Å². The van der Waals surface area contributed by atoms with Crippen molar-refractivity contribution in [3.8, 4) is 0 Å². The van der Waals surface area contributed by atoms with Crippen molar-refractivity contribution >= 4 is 10.9 Å². The van der Waals surface area contributed by atoms with Crippen molar-refractivity contribution < 1.29 is 0 Å². The second-order valence-corrected chi connectivity index (χ2v) is 3.96. The van der Waals surface area contributed by atoms with Gasteiger partial charge in [0.05, 0.1) is 16.9 Å². The predicted molar refractivity (Wildman–Crippen MR) is 57.3 cm³/mol. The van der Waals surface area contributed by atoms with E-state index < -0.39 is 0 Å². The summed E-state index contributed by atoms with van der Waals surface area (Å²) in [6.07, 6.45) is 1.85. The number of pyridine rings is 1. The fourth-order valence-electron chi connectivity index (χ4n) is 1.87. The molecule has 3 nitrogen and oxygen atoms in total. The highest BCUT2D eigenvalue weighted by atomic mass is 15.3. The first-order valence-corrected chi connectivity index (χ1v) is 4.89. The Balaban J connectivity index is 2.84. The van der Waals surface area contributed by atoms with Crippen molar-refractivity contribution in [3.05, 3.63) is 23.7 Å². The Labute approximate surface area is 83.8 Å². The molecule has 0 spiro atoms. The minimum atomic E-state index is 0.459. The third-order valence-corrected chi connectivity index (χ3v) is 2.51. The van der Waals surface area contributed by atoms with Gasteiger partial charge >= 0.3 is 0 Å². The van der Waals surface area contributed by atoms with E-state index in [0.717, 1.165) is 16.9 Å². The van der Waals surface area contributed by atoms with Crippen LogP contribution in [0.3, 0.4) is 0 Å². The molecule has 0 unspecified atom stereocenters. The third kappa shape index (κ3) is 1.20. The molecule has 2 rings (SSSR count). The lowest BCUT2D eigenvalue weighted by atomic mass is 10.1. The molecular weight excluding hydrogens is 174 g/mol. The van der Waals surface area contributed by atoms with Crippen LogP contribution in [0.4, 0.5) is 0 Å². The molecule has 0 N–H and O–H groups in total. The summed E-state index contributed by atoms with van der Waals surface area (Å²) in [5.74, 6) is 0.459. The molecule has 14 heavy (non-hydrogen) atoms. The predicted octanol–water partition coefficient (Wildman–Crippen LogP) is 2.40. The van der Waals surface area contributed by atoms with E-state index in [1.54, 1.807) is 0 Å². The second-order valence-electron chi connectivity index (χ2n) is 3.96. The van der Waals surface area contributed by atoms with Gasteiger partial charge in [0, 0.05) is 18.6 Å². The zero-order valence-corrected chi connectivity index (χ0v) is 9.07. The molecule has 0 fully saturated rings. The number of aromatic nitrogens is 3. The van der Waals surface area contributed by atoms with Gasteiger partial charge in [-0.15, -0.1) is 0 Å². The van der Waals surface area contributed by atoms with Crippen molar-refractivity contribution in [2.45, 2.75) is 26.7 Å². The van der Waals surface area contributed by atoms with Crippen LogP contribution < -0.4 is 0 Å². The number of rotatable bonds is 1. The summed E-state index contributed by atoms with van der Waals surface area (Å²) in [6, 6.07) is 2.05. The van der Waals surface area contributed by atoms with E-state index in [1.165, 1.54) is 5.39 Å². The highest BCUT2D eigenvalue weighted by Gasteiger charge is 2.12. The molecule has 0 saturated carbocycles. The monoisotopic (exact) mass is 189 g/mol. The number of hydrogen-bond donors (Lipinski definition) is 0. The van der Waals surface area contributed by atoms with Crippen LogP contribution in [-0.2, 0) is 7.05 Å². The van der Waals surface area contributed by atoms with E-state index in [4.69, 9.17) is 0 Å². The second kappa shape index (κ2) is 3.08. The number of fused-ring (bicyclic) bond motifs is 1. The molecular formula is C11H15N3. The molecule has 0 saturated heterocycles. The van der Waals surface area contributed by atoms with Crippen LogP contribution >= 0.6 is 0 Å². The van der Waals surface area contributed by atoms with Gasteiger partial charge in [-0.25, -0.2) is 0 Å². The normalized spacial score (nSPS) is 11.5. The van der Waals surface area contributed by atoms with Crippen molar-refractivity contribution in [3.63, 3.8) is 0 Å². The van der Waals surface area contributed by atoms with Gasteiger partial charge in [0.2, 0.25) is 0 Å². The lowest BCUT2D eigenvalue weighted by molar-refractivity contribution is 0.727. The van der Waals surface area contributed by atoms with Crippen LogP contribution in [-0.4, -0.2) is 14.8 Å². The quantitative estimate of drug-likeness (QED) is 0.689. The van der Waals surface area contributed by atoms with Gasteiger partial charge in [0.15, 0.2) is 0 Å². The summed E-state index contributed by atoms with van der Waals surface area (Å²) in [5.41, 5.74) is 3.36. The molecule has 0 atom stereocenters.